The molecule has 0 atom stereocenters. The SMILES string of the molecule is C=C=C=C=C=C=C=C=C=C=C=C=C=C=C=C=C=C.Cc1nc(-c2ccc(C3=CC4(CCNCC4)Oc4ccccc43)cc2)no1. The Bertz CT molecular complexity index is 2150. The Morgan fingerprint density at radius 3 is 1.71 bits per heavy atom. The van der Waals surface area contributed by atoms with Crippen molar-refractivity contribution in [3.63, 3.8) is 0 Å². The first-order valence-electron chi connectivity index (χ1n) is 13.8. The van der Waals surface area contributed by atoms with Gasteiger partial charge in [-0.15, -0.1) is 0 Å². The Hall–Kier alpha value is -6.70. The van der Waals surface area contributed by atoms with Crippen LogP contribution in [0.1, 0.15) is 29.9 Å². The molecule has 1 fully saturated rings. The van der Waals surface area contributed by atoms with Crippen LogP contribution < -0.4 is 10.1 Å². The molecule has 1 aromatic heterocycles. The van der Waals surface area contributed by atoms with Gasteiger partial charge in [-0.25, -0.2) is 0 Å². The topological polar surface area (TPSA) is 60.2 Å². The zero-order valence-electron chi connectivity index (χ0n) is 24.6. The highest BCUT2D eigenvalue weighted by Crippen LogP contribution is 2.42. The Labute approximate surface area is 261 Å². The predicted molar refractivity (Wildman–Crippen MR) is 171 cm³/mol. The average Bonchev–Trinajstić information content (AvgIpc) is 3.51. The first-order valence-corrected chi connectivity index (χ1v) is 13.8. The van der Waals surface area contributed by atoms with Crippen LogP contribution in [0.25, 0.3) is 17.0 Å². The molecule has 0 amide bonds. The van der Waals surface area contributed by atoms with Gasteiger partial charge in [-0.1, -0.05) is 59.1 Å². The first-order chi connectivity index (χ1) is 22.1. The van der Waals surface area contributed by atoms with E-state index in [4.69, 9.17) is 9.26 Å². The largest absolute Gasteiger partial charge is 0.482 e. The number of nitrogens with zero attached hydrogens (tertiary/aromatic N) is 2. The van der Waals surface area contributed by atoms with Crippen LogP contribution in [0.4, 0.5) is 0 Å². The van der Waals surface area contributed by atoms with Gasteiger partial charge >= 0.3 is 0 Å². The van der Waals surface area contributed by atoms with E-state index in [2.05, 4.69) is 157 Å². The summed E-state index contributed by atoms with van der Waals surface area (Å²) in [5, 5.41) is 7.44. The van der Waals surface area contributed by atoms with Gasteiger partial charge in [0.15, 0.2) is 0 Å². The molecule has 0 bridgehead atoms. The Balaban J connectivity index is 0.000000226. The number of hydrogen-bond donors (Lipinski definition) is 1. The minimum Gasteiger partial charge on any atom is -0.482 e. The Morgan fingerprint density at radius 1 is 0.689 bits per heavy atom. The van der Waals surface area contributed by atoms with Gasteiger partial charge in [-0.05, 0) is 130 Å². The molecule has 3 heterocycles. The normalized spacial score (nSPS) is 12.2. The summed E-state index contributed by atoms with van der Waals surface area (Å²) in [6.07, 6.45) is 4.28. The number of ether oxygens (including phenoxy) is 1. The molecule has 5 heteroatoms. The highest BCUT2D eigenvalue weighted by Gasteiger charge is 2.36. The molecular formula is C40H25N3O2. The summed E-state index contributed by atoms with van der Waals surface area (Å²) >= 11 is 0. The van der Waals surface area contributed by atoms with Gasteiger partial charge in [0.25, 0.3) is 0 Å². The van der Waals surface area contributed by atoms with E-state index in [0.29, 0.717) is 11.7 Å². The van der Waals surface area contributed by atoms with Gasteiger partial charge in [-0.2, -0.15) is 4.98 Å². The number of rotatable bonds is 2. The van der Waals surface area contributed by atoms with Crippen molar-refractivity contribution in [1.29, 1.82) is 0 Å². The fourth-order valence-corrected chi connectivity index (χ4v) is 4.38. The number of piperidine rings is 1. The van der Waals surface area contributed by atoms with Crippen LogP contribution in [0.15, 0.2) is 164 Å². The van der Waals surface area contributed by atoms with Crippen LogP contribution in [-0.2, 0) is 0 Å². The van der Waals surface area contributed by atoms with Crippen molar-refractivity contribution < 1.29 is 9.26 Å². The zero-order valence-corrected chi connectivity index (χ0v) is 24.6. The summed E-state index contributed by atoms with van der Waals surface area (Å²) in [5.74, 6) is 2.16. The van der Waals surface area contributed by atoms with Crippen molar-refractivity contribution in [3.8, 4) is 17.1 Å². The second-order valence-electron chi connectivity index (χ2n) is 9.29. The van der Waals surface area contributed by atoms with Crippen LogP contribution in [0.5, 0.6) is 5.75 Å². The number of benzene rings is 2. The third-order valence-electron chi connectivity index (χ3n) is 6.32. The molecule has 5 nitrogen and oxygen atoms in total. The van der Waals surface area contributed by atoms with Gasteiger partial charge in [0.05, 0.1) is 0 Å². The minimum absolute atomic E-state index is 0.224. The van der Waals surface area contributed by atoms with E-state index in [1.165, 1.54) is 11.1 Å². The standard InChI is InChI=1S/C22H21N3O2.C18H4/c1-15-24-21(25-27-15)17-8-6-16(7-9-17)19-14-22(10-12-23-13-11-22)26-20-5-3-2-4-18(19)20;1-3-5-7-9-11-13-15-17-18-16-14-12-10-8-6-4-2/h2-9,14,23H,10-13H2,1H3;1-2H2. The minimum atomic E-state index is -0.224. The highest BCUT2D eigenvalue weighted by atomic mass is 16.5. The molecule has 3 aromatic rings. The molecule has 0 aliphatic carbocycles. The molecule has 2 aliphatic heterocycles. The summed E-state index contributed by atoms with van der Waals surface area (Å²) in [7, 11) is 0. The molecule has 2 aliphatic rings. The van der Waals surface area contributed by atoms with E-state index >= 15 is 0 Å². The predicted octanol–water partition coefficient (Wildman–Crippen LogP) is 7.28. The summed E-state index contributed by atoms with van der Waals surface area (Å²) < 4.78 is 11.6. The van der Waals surface area contributed by atoms with E-state index in [9.17, 15) is 0 Å². The number of hydrogen-bond acceptors (Lipinski definition) is 5. The van der Waals surface area contributed by atoms with E-state index in [1.54, 1.807) is 6.92 Å². The van der Waals surface area contributed by atoms with E-state index in [1.807, 2.05) is 18.2 Å². The number of para-hydroxylation sites is 1. The molecule has 1 spiro atoms. The lowest BCUT2D eigenvalue weighted by Crippen LogP contribution is -2.46. The molecule has 0 unspecified atom stereocenters. The van der Waals surface area contributed by atoms with Crippen LogP contribution in [0.2, 0.25) is 0 Å². The van der Waals surface area contributed by atoms with Crippen molar-refractivity contribution in [3.05, 3.63) is 176 Å². The lowest BCUT2D eigenvalue weighted by Gasteiger charge is -2.40. The number of aromatic nitrogens is 2. The Kier molecular flexibility index (Phi) is 11.6. The maximum Gasteiger partial charge on any atom is 0.223 e. The summed E-state index contributed by atoms with van der Waals surface area (Å²) in [5.41, 5.74) is 43.7. The van der Waals surface area contributed by atoms with Gasteiger partial charge in [0.2, 0.25) is 11.7 Å². The molecule has 1 N–H and O–H groups in total. The van der Waals surface area contributed by atoms with Crippen LogP contribution in [-0.4, -0.2) is 28.8 Å². The number of aryl methyl sites for hydroxylation is 1. The second-order valence-corrected chi connectivity index (χ2v) is 9.29. The first kappa shape index (κ1) is 31.2. The maximum atomic E-state index is 6.46. The lowest BCUT2D eigenvalue weighted by molar-refractivity contribution is 0.0817. The van der Waals surface area contributed by atoms with E-state index < -0.39 is 0 Å². The molecule has 0 saturated carbocycles. The molecular weight excluding hydrogens is 554 g/mol. The van der Waals surface area contributed by atoms with Crippen molar-refractivity contribution >= 4 is 5.57 Å². The molecule has 1 saturated heterocycles. The van der Waals surface area contributed by atoms with Crippen molar-refractivity contribution in [1.82, 2.24) is 15.5 Å². The zero-order chi connectivity index (χ0) is 31.6. The molecule has 2 aromatic carbocycles. The summed E-state index contributed by atoms with van der Waals surface area (Å²) in [6.45, 7) is 10.3. The fourth-order valence-electron chi connectivity index (χ4n) is 4.38. The van der Waals surface area contributed by atoms with Gasteiger partial charge in [0, 0.05) is 30.9 Å². The van der Waals surface area contributed by atoms with Gasteiger partial charge < -0.3 is 14.6 Å². The highest BCUT2D eigenvalue weighted by molar-refractivity contribution is 5.85. The molecule has 212 valence electrons. The molecule has 5 rings (SSSR count). The quantitative estimate of drug-likeness (QED) is 0.324. The monoisotopic (exact) mass is 579 g/mol. The number of fused-ring (bicyclic) bond motifs is 1. The summed E-state index contributed by atoms with van der Waals surface area (Å²) in [4.78, 5) is 4.31. The third-order valence-corrected chi connectivity index (χ3v) is 6.32. The smallest absolute Gasteiger partial charge is 0.223 e. The maximum absolute atomic E-state index is 6.46. The van der Waals surface area contributed by atoms with Crippen molar-refractivity contribution in [2.45, 2.75) is 25.4 Å². The van der Waals surface area contributed by atoms with E-state index in [0.717, 1.165) is 42.8 Å². The lowest BCUT2D eigenvalue weighted by atomic mass is 9.83. The van der Waals surface area contributed by atoms with Crippen LogP contribution in [0.3, 0.4) is 0 Å². The van der Waals surface area contributed by atoms with Crippen molar-refractivity contribution in [2.75, 3.05) is 13.1 Å². The van der Waals surface area contributed by atoms with Gasteiger partial charge in [0.1, 0.15) is 11.4 Å². The fraction of sp³-hybridized carbons (Fsp3) is 0.150. The van der Waals surface area contributed by atoms with Crippen LogP contribution >= 0.6 is 0 Å². The number of nitrogens with one attached hydrogen (secondary N) is 1. The third kappa shape index (κ3) is 9.40. The van der Waals surface area contributed by atoms with Crippen LogP contribution in [0, 0.1) is 6.92 Å². The second kappa shape index (κ2) is 16.7. The Morgan fingerprint density at radius 2 is 1.20 bits per heavy atom. The summed E-state index contributed by atoms with van der Waals surface area (Å²) in [6, 6.07) is 16.7. The molecule has 45 heavy (non-hydrogen) atoms. The van der Waals surface area contributed by atoms with E-state index in [-0.39, 0.29) is 5.60 Å². The molecule has 0 radical (unpaired) electrons. The average molecular weight is 580 g/mol. The van der Waals surface area contributed by atoms with Gasteiger partial charge in [-0.3, -0.25) is 0 Å². The van der Waals surface area contributed by atoms with Crippen molar-refractivity contribution in [2.24, 2.45) is 0 Å².